The van der Waals surface area contributed by atoms with Crippen LogP contribution < -0.4 is 5.32 Å². The van der Waals surface area contributed by atoms with Gasteiger partial charge in [-0.3, -0.25) is 4.79 Å². The van der Waals surface area contributed by atoms with Crippen molar-refractivity contribution in [3.8, 4) is 0 Å². The van der Waals surface area contributed by atoms with Crippen molar-refractivity contribution in [2.45, 2.75) is 26.2 Å². The molecule has 0 radical (unpaired) electrons. The van der Waals surface area contributed by atoms with Crippen LogP contribution in [0, 0.1) is 0 Å². The number of imidazole rings is 1. The van der Waals surface area contributed by atoms with Gasteiger partial charge in [-0.1, -0.05) is 20.8 Å². The van der Waals surface area contributed by atoms with E-state index in [0.717, 1.165) is 16.9 Å². The van der Waals surface area contributed by atoms with Crippen molar-refractivity contribution in [3.05, 3.63) is 35.9 Å². The summed E-state index contributed by atoms with van der Waals surface area (Å²) in [6, 6.07) is 5.54. The zero-order valence-electron chi connectivity index (χ0n) is 12.1. The van der Waals surface area contributed by atoms with Crippen LogP contribution in [-0.2, 0) is 5.41 Å². The molecule has 1 amide bonds. The molecule has 0 saturated heterocycles. The van der Waals surface area contributed by atoms with Crippen LogP contribution in [0.2, 0.25) is 0 Å². The summed E-state index contributed by atoms with van der Waals surface area (Å²) >= 11 is 0. The highest BCUT2D eigenvalue weighted by Crippen LogP contribution is 2.24. The number of benzene rings is 1. The van der Waals surface area contributed by atoms with E-state index >= 15 is 0 Å². The molecule has 7 nitrogen and oxygen atoms in total. The van der Waals surface area contributed by atoms with Gasteiger partial charge in [0.2, 0.25) is 0 Å². The van der Waals surface area contributed by atoms with Crippen molar-refractivity contribution in [2.24, 2.45) is 0 Å². The summed E-state index contributed by atoms with van der Waals surface area (Å²) in [6.45, 7) is 6.29. The van der Waals surface area contributed by atoms with Gasteiger partial charge in [-0.05, 0) is 18.2 Å². The minimum atomic E-state index is -0.307. The molecule has 0 spiro atoms. The number of hydrogen-bond acceptors (Lipinski definition) is 4. The molecule has 108 valence electrons. The molecule has 0 bridgehead atoms. The molecule has 2 aromatic heterocycles. The number of carbonyl (C=O) groups is 1. The Morgan fingerprint density at radius 2 is 2.10 bits per heavy atom. The average molecular weight is 284 g/mol. The lowest BCUT2D eigenvalue weighted by Crippen LogP contribution is -2.13. The Morgan fingerprint density at radius 3 is 2.76 bits per heavy atom. The third-order valence-electron chi connectivity index (χ3n) is 3.10. The van der Waals surface area contributed by atoms with E-state index in [4.69, 9.17) is 0 Å². The molecule has 0 aliphatic heterocycles. The van der Waals surface area contributed by atoms with Crippen molar-refractivity contribution in [1.29, 1.82) is 0 Å². The number of fused-ring (bicyclic) bond motifs is 1. The Bertz CT molecular complexity index is 782. The molecular weight excluding hydrogens is 268 g/mol. The fourth-order valence-electron chi connectivity index (χ4n) is 1.95. The minimum absolute atomic E-state index is 0.0524. The second-order valence-corrected chi connectivity index (χ2v) is 5.88. The number of rotatable bonds is 2. The Hall–Kier alpha value is -2.70. The lowest BCUT2D eigenvalue weighted by Gasteiger charge is -2.13. The highest BCUT2D eigenvalue weighted by molar-refractivity contribution is 6.03. The zero-order valence-corrected chi connectivity index (χ0v) is 12.1. The first kappa shape index (κ1) is 13.3. The highest BCUT2D eigenvalue weighted by atomic mass is 16.2. The first-order chi connectivity index (χ1) is 9.93. The summed E-state index contributed by atoms with van der Waals surface area (Å²) in [4.78, 5) is 19.8. The molecule has 3 aromatic rings. The van der Waals surface area contributed by atoms with Crippen molar-refractivity contribution >= 4 is 22.6 Å². The monoisotopic (exact) mass is 284 g/mol. The van der Waals surface area contributed by atoms with Gasteiger partial charge < -0.3 is 10.3 Å². The van der Waals surface area contributed by atoms with Gasteiger partial charge in [-0.2, -0.15) is 15.4 Å². The standard InChI is InChI=1S/C14H16N6O/c1-14(2,3)13-17-9-5-4-8(6-10(9)18-13)16-12(21)11-7-15-20-19-11/h4-7H,1-3H3,(H,16,21)(H,17,18)(H,15,19,20). The van der Waals surface area contributed by atoms with Crippen LogP contribution in [0.4, 0.5) is 5.69 Å². The fourth-order valence-corrected chi connectivity index (χ4v) is 1.95. The average Bonchev–Trinajstić information content (AvgIpc) is 3.06. The quantitative estimate of drug-likeness (QED) is 0.672. The summed E-state index contributed by atoms with van der Waals surface area (Å²) in [5.74, 6) is 0.608. The maximum Gasteiger partial charge on any atom is 0.277 e. The molecule has 2 heterocycles. The Balaban J connectivity index is 1.89. The van der Waals surface area contributed by atoms with Gasteiger partial charge in [0.25, 0.3) is 5.91 Å². The normalized spacial score (nSPS) is 11.8. The maximum absolute atomic E-state index is 11.9. The van der Waals surface area contributed by atoms with Crippen LogP contribution in [0.15, 0.2) is 24.4 Å². The predicted octanol–water partition coefficient (Wildman–Crippen LogP) is 2.23. The van der Waals surface area contributed by atoms with Crippen molar-refractivity contribution < 1.29 is 4.79 Å². The molecule has 3 rings (SSSR count). The third-order valence-corrected chi connectivity index (χ3v) is 3.10. The summed E-state index contributed by atoms with van der Waals surface area (Å²) in [7, 11) is 0. The number of H-pyrrole nitrogens is 2. The van der Waals surface area contributed by atoms with Crippen LogP contribution in [0.25, 0.3) is 11.0 Å². The molecule has 3 N–H and O–H groups in total. The second kappa shape index (κ2) is 4.69. The number of amides is 1. The van der Waals surface area contributed by atoms with Crippen LogP contribution in [0.5, 0.6) is 0 Å². The molecule has 0 aliphatic rings. The number of aromatic amines is 2. The minimum Gasteiger partial charge on any atom is -0.341 e. The molecule has 0 atom stereocenters. The van der Waals surface area contributed by atoms with Crippen molar-refractivity contribution in [3.63, 3.8) is 0 Å². The Labute approximate surface area is 121 Å². The lowest BCUT2D eigenvalue weighted by atomic mass is 9.96. The largest absolute Gasteiger partial charge is 0.341 e. The molecule has 21 heavy (non-hydrogen) atoms. The van der Waals surface area contributed by atoms with Crippen molar-refractivity contribution in [1.82, 2.24) is 25.4 Å². The second-order valence-electron chi connectivity index (χ2n) is 5.88. The summed E-state index contributed by atoms with van der Waals surface area (Å²) in [5.41, 5.74) is 2.63. The van der Waals surface area contributed by atoms with E-state index in [1.54, 1.807) is 0 Å². The van der Waals surface area contributed by atoms with Gasteiger partial charge >= 0.3 is 0 Å². The van der Waals surface area contributed by atoms with Crippen LogP contribution in [-0.4, -0.2) is 31.3 Å². The number of hydrogen-bond donors (Lipinski definition) is 3. The van der Waals surface area contributed by atoms with Crippen LogP contribution in [0.3, 0.4) is 0 Å². The number of nitrogens with zero attached hydrogens (tertiary/aromatic N) is 3. The Morgan fingerprint density at radius 1 is 1.29 bits per heavy atom. The van der Waals surface area contributed by atoms with E-state index in [-0.39, 0.29) is 17.0 Å². The number of carbonyl (C=O) groups excluding carboxylic acids is 1. The first-order valence-electron chi connectivity index (χ1n) is 6.61. The topological polar surface area (TPSA) is 99.3 Å². The third kappa shape index (κ3) is 2.62. The van der Waals surface area contributed by atoms with Gasteiger partial charge in [0, 0.05) is 11.1 Å². The summed E-state index contributed by atoms with van der Waals surface area (Å²) in [6.07, 6.45) is 1.38. The zero-order chi connectivity index (χ0) is 15.0. The van der Waals surface area contributed by atoms with E-state index in [1.165, 1.54) is 6.20 Å². The number of anilines is 1. The molecule has 7 heteroatoms. The van der Waals surface area contributed by atoms with E-state index in [9.17, 15) is 4.79 Å². The lowest BCUT2D eigenvalue weighted by molar-refractivity contribution is 0.102. The molecule has 0 aliphatic carbocycles. The first-order valence-corrected chi connectivity index (χ1v) is 6.61. The molecule has 0 unspecified atom stereocenters. The maximum atomic E-state index is 11.9. The summed E-state index contributed by atoms with van der Waals surface area (Å²) in [5, 5.41) is 12.5. The number of nitrogens with one attached hydrogen (secondary N) is 3. The number of aromatic nitrogens is 5. The fraction of sp³-hybridized carbons (Fsp3) is 0.286. The van der Waals surface area contributed by atoms with E-state index < -0.39 is 0 Å². The molecular formula is C14H16N6O. The van der Waals surface area contributed by atoms with Crippen molar-refractivity contribution in [2.75, 3.05) is 5.32 Å². The van der Waals surface area contributed by atoms with Crippen LogP contribution >= 0.6 is 0 Å². The van der Waals surface area contributed by atoms with Gasteiger partial charge in [0.15, 0.2) is 5.69 Å². The molecule has 1 aromatic carbocycles. The van der Waals surface area contributed by atoms with E-state index in [0.29, 0.717) is 5.69 Å². The molecule has 0 saturated carbocycles. The summed E-state index contributed by atoms with van der Waals surface area (Å²) < 4.78 is 0. The SMILES string of the molecule is CC(C)(C)c1nc2ccc(NC(=O)c3cn[nH]n3)cc2[nH]1. The van der Waals surface area contributed by atoms with Gasteiger partial charge in [0.05, 0.1) is 17.2 Å². The van der Waals surface area contributed by atoms with E-state index in [1.807, 2.05) is 18.2 Å². The van der Waals surface area contributed by atoms with Gasteiger partial charge in [-0.25, -0.2) is 4.98 Å². The van der Waals surface area contributed by atoms with Gasteiger partial charge in [-0.15, -0.1) is 0 Å². The van der Waals surface area contributed by atoms with E-state index in [2.05, 4.69) is 51.5 Å². The smallest absolute Gasteiger partial charge is 0.277 e. The highest BCUT2D eigenvalue weighted by Gasteiger charge is 2.18. The van der Waals surface area contributed by atoms with Crippen LogP contribution in [0.1, 0.15) is 37.1 Å². The Kier molecular flexibility index (Phi) is 2.97. The van der Waals surface area contributed by atoms with Gasteiger partial charge in [0.1, 0.15) is 5.82 Å². The predicted molar refractivity (Wildman–Crippen MR) is 79.1 cm³/mol. The molecule has 0 fully saturated rings.